The summed E-state index contributed by atoms with van der Waals surface area (Å²) in [5.74, 6) is 1.18. The van der Waals surface area contributed by atoms with E-state index >= 15 is 0 Å². The third kappa shape index (κ3) is 4.76. The highest BCUT2D eigenvalue weighted by atomic mass is 32.2. The Morgan fingerprint density at radius 2 is 1.81 bits per heavy atom. The molecule has 2 aromatic carbocycles. The average molecular weight is 462 g/mol. The minimum atomic E-state index is -0.144. The third-order valence-electron chi connectivity index (χ3n) is 4.67. The van der Waals surface area contributed by atoms with Gasteiger partial charge in [0.25, 0.3) is 0 Å². The molecular weight excluding hydrogens is 442 g/mol. The van der Waals surface area contributed by atoms with Crippen LogP contribution in [0.2, 0.25) is 0 Å². The summed E-state index contributed by atoms with van der Waals surface area (Å²) in [4.78, 5) is 23.7. The number of anilines is 1. The predicted molar refractivity (Wildman–Crippen MR) is 126 cm³/mol. The molecule has 32 heavy (non-hydrogen) atoms. The highest BCUT2D eigenvalue weighted by molar-refractivity contribution is 7.99. The van der Waals surface area contributed by atoms with Gasteiger partial charge in [-0.3, -0.25) is 9.78 Å². The van der Waals surface area contributed by atoms with Crippen LogP contribution in [0.5, 0.6) is 11.5 Å². The molecule has 0 spiro atoms. The number of pyridine rings is 1. The minimum Gasteiger partial charge on any atom is -0.486 e. The second-order valence-electron chi connectivity index (χ2n) is 6.99. The Labute approximate surface area is 193 Å². The third-order valence-corrected chi connectivity index (χ3v) is 6.65. The highest BCUT2D eigenvalue weighted by Crippen LogP contribution is 2.42. The first-order chi connectivity index (χ1) is 15.7. The van der Waals surface area contributed by atoms with Crippen molar-refractivity contribution in [3.05, 3.63) is 77.9 Å². The van der Waals surface area contributed by atoms with Crippen LogP contribution in [-0.4, -0.2) is 29.1 Å². The average Bonchev–Trinajstić information content (AvgIpc) is 3.29. The van der Waals surface area contributed by atoms with Gasteiger partial charge in [-0.15, -0.1) is 11.3 Å². The van der Waals surface area contributed by atoms with Crippen LogP contribution in [0.25, 0.3) is 10.7 Å². The van der Waals surface area contributed by atoms with Gasteiger partial charge in [0.2, 0.25) is 5.91 Å². The number of thiazole rings is 1. The molecule has 3 heterocycles. The Kier molecular flexibility index (Phi) is 6.04. The van der Waals surface area contributed by atoms with E-state index in [1.165, 1.54) is 11.3 Å². The number of ether oxygens (including phenoxy) is 2. The summed E-state index contributed by atoms with van der Waals surface area (Å²) in [7, 11) is 0. The van der Waals surface area contributed by atoms with E-state index in [-0.39, 0.29) is 12.3 Å². The molecule has 0 aliphatic carbocycles. The predicted octanol–water partition coefficient (Wildman–Crippen LogP) is 5.31. The van der Waals surface area contributed by atoms with E-state index in [2.05, 4.69) is 15.3 Å². The van der Waals surface area contributed by atoms with Gasteiger partial charge in [-0.1, -0.05) is 36.0 Å². The highest BCUT2D eigenvalue weighted by Gasteiger charge is 2.19. The van der Waals surface area contributed by atoms with Gasteiger partial charge in [-0.05, 0) is 24.3 Å². The fourth-order valence-electron chi connectivity index (χ4n) is 3.22. The molecule has 0 saturated carbocycles. The number of nitrogens with one attached hydrogen (secondary N) is 1. The molecule has 4 aromatic rings. The molecule has 0 radical (unpaired) electrons. The summed E-state index contributed by atoms with van der Waals surface area (Å²) in [6, 6.07) is 19.5. The van der Waals surface area contributed by atoms with Crippen LogP contribution in [0.4, 0.5) is 5.69 Å². The zero-order chi connectivity index (χ0) is 21.8. The number of hydrogen-bond acceptors (Lipinski definition) is 7. The van der Waals surface area contributed by atoms with Gasteiger partial charge >= 0.3 is 0 Å². The number of fused-ring (bicyclic) bond motifs is 1. The van der Waals surface area contributed by atoms with E-state index < -0.39 is 0 Å². The second kappa shape index (κ2) is 9.42. The van der Waals surface area contributed by atoms with Gasteiger partial charge in [0.05, 0.1) is 23.5 Å². The summed E-state index contributed by atoms with van der Waals surface area (Å²) in [6.45, 7) is 0.997. The molecule has 1 aliphatic heterocycles. The van der Waals surface area contributed by atoms with Gasteiger partial charge in [0, 0.05) is 33.5 Å². The number of benzene rings is 2. The fourth-order valence-corrected chi connectivity index (χ4v) is 4.95. The molecular formula is C24H19N3O3S2. The summed E-state index contributed by atoms with van der Waals surface area (Å²) in [5, 5.41) is 5.73. The zero-order valence-corrected chi connectivity index (χ0v) is 18.6. The van der Waals surface area contributed by atoms with Crippen LogP contribution in [0, 0.1) is 0 Å². The number of aromatic nitrogens is 2. The van der Waals surface area contributed by atoms with E-state index in [1.54, 1.807) is 18.0 Å². The van der Waals surface area contributed by atoms with Crippen molar-refractivity contribution in [1.82, 2.24) is 9.97 Å². The molecule has 6 nitrogen and oxygen atoms in total. The Balaban J connectivity index is 1.35. The maximum atomic E-state index is 12.9. The summed E-state index contributed by atoms with van der Waals surface area (Å²) in [6.07, 6.45) is 1.91. The first-order valence-corrected chi connectivity index (χ1v) is 11.8. The Bertz CT molecular complexity index is 1230. The number of nitrogens with zero attached hydrogens (tertiary/aromatic N) is 2. The Morgan fingerprint density at radius 1 is 1.03 bits per heavy atom. The van der Waals surface area contributed by atoms with Crippen molar-refractivity contribution >= 4 is 34.7 Å². The lowest BCUT2D eigenvalue weighted by Crippen LogP contribution is -2.18. The number of amides is 1. The van der Waals surface area contributed by atoms with Gasteiger partial charge < -0.3 is 14.8 Å². The molecule has 160 valence electrons. The summed E-state index contributed by atoms with van der Waals surface area (Å²) in [5.41, 5.74) is 2.20. The lowest BCUT2D eigenvalue weighted by Gasteiger charge is -2.21. The van der Waals surface area contributed by atoms with Crippen molar-refractivity contribution in [3.63, 3.8) is 0 Å². The molecule has 0 fully saturated rings. The summed E-state index contributed by atoms with van der Waals surface area (Å²) >= 11 is 3.04. The molecule has 0 atom stereocenters. The molecule has 1 amide bonds. The SMILES string of the molecule is O=C(Cc1csc(-c2ccccn2)n1)Nc1cc2c(cc1Sc1ccccc1)OCCO2. The lowest BCUT2D eigenvalue weighted by molar-refractivity contribution is -0.115. The molecule has 0 unspecified atom stereocenters. The van der Waals surface area contributed by atoms with Crippen molar-refractivity contribution in [2.24, 2.45) is 0 Å². The van der Waals surface area contributed by atoms with E-state index in [1.807, 2.05) is 66.0 Å². The van der Waals surface area contributed by atoms with Gasteiger partial charge in [0.1, 0.15) is 18.2 Å². The maximum absolute atomic E-state index is 12.9. The largest absolute Gasteiger partial charge is 0.486 e. The zero-order valence-electron chi connectivity index (χ0n) is 17.0. The van der Waals surface area contributed by atoms with Crippen LogP contribution in [0.3, 0.4) is 0 Å². The molecule has 1 aliphatic rings. The Morgan fingerprint density at radius 3 is 2.59 bits per heavy atom. The van der Waals surface area contributed by atoms with Gasteiger partial charge in [-0.25, -0.2) is 4.98 Å². The molecule has 0 bridgehead atoms. The van der Waals surface area contributed by atoms with E-state index in [0.29, 0.717) is 36.1 Å². The molecule has 5 rings (SSSR count). The van der Waals surface area contributed by atoms with Gasteiger partial charge in [-0.2, -0.15) is 0 Å². The quantitative estimate of drug-likeness (QED) is 0.420. The van der Waals surface area contributed by atoms with E-state index in [9.17, 15) is 4.79 Å². The number of hydrogen-bond donors (Lipinski definition) is 1. The monoisotopic (exact) mass is 461 g/mol. The van der Waals surface area contributed by atoms with Crippen LogP contribution in [0.1, 0.15) is 5.69 Å². The second-order valence-corrected chi connectivity index (χ2v) is 8.96. The van der Waals surface area contributed by atoms with Crippen LogP contribution >= 0.6 is 23.1 Å². The maximum Gasteiger partial charge on any atom is 0.230 e. The minimum absolute atomic E-state index is 0.144. The topological polar surface area (TPSA) is 73.3 Å². The van der Waals surface area contributed by atoms with Crippen LogP contribution < -0.4 is 14.8 Å². The van der Waals surface area contributed by atoms with E-state index in [0.717, 1.165) is 20.5 Å². The number of carbonyl (C=O) groups is 1. The number of carbonyl (C=O) groups excluding carboxylic acids is 1. The normalized spacial score (nSPS) is 12.4. The van der Waals surface area contributed by atoms with Crippen molar-refractivity contribution in [2.75, 3.05) is 18.5 Å². The van der Waals surface area contributed by atoms with E-state index in [4.69, 9.17) is 9.47 Å². The Hall–Kier alpha value is -3.36. The summed E-state index contributed by atoms with van der Waals surface area (Å²) < 4.78 is 11.5. The fraction of sp³-hybridized carbons (Fsp3) is 0.125. The van der Waals surface area contributed by atoms with Crippen LogP contribution in [-0.2, 0) is 11.2 Å². The molecule has 1 N–H and O–H groups in total. The standard InChI is InChI=1S/C24H19N3O3S2/c28-23(12-16-15-31-24(26-16)18-8-4-5-9-25-18)27-19-13-20-21(30-11-10-29-20)14-22(19)32-17-6-2-1-3-7-17/h1-9,13-15H,10-12H2,(H,27,28). The lowest BCUT2D eigenvalue weighted by atomic mass is 10.2. The first kappa shape index (κ1) is 20.5. The molecule has 8 heteroatoms. The first-order valence-electron chi connectivity index (χ1n) is 10.1. The van der Waals surface area contributed by atoms with Crippen molar-refractivity contribution in [3.8, 4) is 22.2 Å². The molecule has 2 aromatic heterocycles. The van der Waals surface area contributed by atoms with Crippen molar-refractivity contribution < 1.29 is 14.3 Å². The number of rotatable bonds is 6. The van der Waals surface area contributed by atoms with Crippen molar-refractivity contribution in [1.29, 1.82) is 0 Å². The van der Waals surface area contributed by atoms with Crippen molar-refractivity contribution in [2.45, 2.75) is 16.2 Å². The van der Waals surface area contributed by atoms with Gasteiger partial charge in [0.15, 0.2) is 11.5 Å². The van der Waals surface area contributed by atoms with Crippen LogP contribution in [0.15, 0.2) is 82.0 Å². The molecule has 0 saturated heterocycles. The smallest absolute Gasteiger partial charge is 0.230 e.